The van der Waals surface area contributed by atoms with Crippen LogP contribution in [-0.2, 0) is 16.4 Å². The first-order valence-corrected chi connectivity index (χ1v) is 7.70. The zero-order valence-electron chi connectivity index (χ0n) is 11.0. The first kappa shape index (κ1) is 14.5. The third-order valence-electron chi connectivity index (χ3n) is 2.58. The van der Waals surface area contributed by atoms with Crippen molar-refractivity contribution < 1.29 is 12.9 Å². The van der Waals surface area contributed by atoms with E-state index in [4.69, 9.17) is 4.52 Å². The lowest BCUT2D eigenvalue weighted by atomic mass is 10.3. The van der Waals surface area contributed by atoms with Crippen LogP contribution in [0.25, 0.3) is 0 Å². The van der Waals surface area contributed by atoms with Gasteiger partial charge >= 0.3 is 0 Å². The minimum absolute atomic E-state index is 0.199. The largest absolute Gasteiger partial charge is 0.384 e. The van der Waals surface area contributed by atoms with Gasteiger partial charge in [0.2, 0.25) is 15.9 Å². The molecule has 108 valence electrons. The van der Waals surface area contributed by atoms with Gasteiger partial charge in [-0.1, -0.05) is 17.3 Å². The minimum atomic E-state index is -3.57. The SMILES string of the molecule is CCNc1ccccc1S(=O)(=O)NCCc1ncno1. The number of sulfonamides is 1. The molecule has 0 atom stereocenters. The molecule has 7 nitrogen and oxygen atoms in total. The van der Waals surface area contributed by atoms with Crippen LogP contribution in [0.5, 0.6) is 0 Å². The van der Waals surface area contributed by atoms with Gasteiger partial charge in [-0.25, -0.2) is 13.1 Å². The summed E-state index contributed by atoms with van der Waals surface area (Å²) in [7, 11) is -3.57. The Hall–Kier alpha value is -1.93. The standard InChI is InChI=1S/C12H16N4O3S/c1-2-13-10-5-3-4-6-11(10)20(17,18)16-8-7-12-14-9-15-19-12/h3-6,9,13,16H,2,7-8H2,1H3. The predicted octanol–water partition coefficient (Wildman–Crippen LogP) is 1.02. The topological polar surface area (TPSA) is 97.1 Å². The fourth-order valence-electron chi connectivity index (χ4n) is 1.71. The maximum absolute atomic E-state index is 12.2. The van der Waals surface area contributed by atoms with Crippen LogP contribution in [0.15, 0.2) is 40.0 Å². The van der Waals surface area contributed by atoms with Crippen LogP contribution >= 0.6 is 0 Å². The van der Waals surface area contributed by atoms with Crippen molar-refractivity contribution in [2.75, 3.05) is 18.4 Å². The lowest BCUT2D eigenvalue weighted by Crippen LogP contribution is -2.26. The van der Waals surface area contributed by atoms with Crippen molar-refractivity contribution in [1.82, 2.24) is 14.9 Å². The molecule has 0 aliphatic rings. The Balaban J connectivity index is 2.06. The average molecular weight is 296 g/mol. The summed E-state index contributed by atoms with van der Waals surface area (Å²) in [6.45, 7) is 2.76. The van der Waals surface area contributed by atoms with Crippen LogP contribution in [0.1, 0.15) is 12.8 Å². The second-order valence-electron chi connectivity index (χ2n) is 4.01. The van der Waals surface area contributed by atoms with Gasteiger partial charge in [0.25, 0.3) is 0 Å². The van der Waals surface area contributed by atoms with Crippen LogP contribution in [0, 0.1) is 0 Å². The zero-order chi connectivity index (χ0) is 14.4. The maximum Gasteiger partial charge on any atom is 0.242 e. The molecule has 8 heteroatoms. The molecule has 0 radical (unpaired) electrons. The van der Waals surface area contributed by atoms with Crippen molar-refractivity contribution in [2.45, 2.75) is 18.2 Å². The van der Waals surface area contributed by atoms with E-state index in [-0.39, 0.29) is 11.4 Å². The Morgan fingerprint density at radius 1 is 1.30 bits per heavy atom. The molecule has 0 bridgehead atoms. The highest BCUT2D eigenvalue weighted by atomic mass is 32.2. The molecule has 0 aliphatic heterocycles. The van der Waals surface area contributed by atoms with E-state index in [1.165, 1.54) is 6.33 Å². The summed E-state index contributed by atoms with van der Waals surface area (Å²) < 4.78 is 31.8. The van der Waals surface area contributed by atoms with Crippen molar-refractivity contribution in [2.24, 2.45) is 0 Å². The number of rotatable bonds is 7. The van der Waals surface area contributed by atoms with E-state index in [1.807, 2.05) is 6.92 Å². The van der Waals surface area contributed by atoms with Crippen LogP contribution in [0.2, 0.25) is 0 Å². The third-order valence-corrected chi connectivity index (χ3v) is 4.10. The summed E-state index contributed by atoms with van der Waals surface area (Å²) in [4.78, 5) is 4.06. The van der Waals surface area contributed by atoms with Crippen molar-refractivity contribution in [3.63, 3.8) is 0 Å². The molecule has 2 aromatic rings. The molecule has 20 heavy (non-hydrogen) atoms. The Morgan fingerprint density at radius 3 is 2.80 bits per heavy atom. The van der Waals surface area contributed by atoms with Gasteiger partial charge in [0.1, 0.15) is 4.90 Å². The van der Waals surface area contributed by atoms with Gasteiger partial charge in [0, 0.05) is 19.5 Å². The van der Waals surface area contributed by atoms with E-state index in [0.29, 0.717) is 24.5 Å². The summed E-state index contributed by atoms with van der Waals surface area (Å²) in [5, 5.41) is 6.49. The quantitative estimate of drug-likeness (QED) is 0.792. The molecule has 2 rings (SSSR count). The number of hydrogen-bond acceptors (Lipinski definition) is 6. The molecular weight excluding hydrogens is 280 g/mol. The maximum atomic E-state index is 12.2. The van der Waals surface area contributed by atoms with E-state index in [1.54, 1.807) is 24.3 Å². The van der Waals surface area contributed by atoms with Gasteiger partial charge in [-0.05, 0) is 19.1 Å². The zero-order valence-corrected chi connectivity index (χ0v) is 11.9. The van der Waals surface area contributed by atoms with E-state index in [9.17, 15) is 8.42 Å². The lowest BCUT2D eigenvalue weighted by Gasteiger charge is -2.11. The second kappa shape index (κ2) is 6.49. The Bertz CT molecular complexity index is 640. The van der Waals surface area contributed by atoms with E-state index in [0.717, 1.165) is 0 Å². The molecule has 2 N–H and O–H groups in total. The first-order chi connectivity index (χ1) is 9.63. The number of nitrogens with one attached hydrogen (secondary N) is 2. The summed E-state index contributed by atoms with van der Waals surface area (Å²) >= 11 is 0. The average Bonchev–Trinajstić information content (AvgIpc) is 2.92. The smallest absolute Gasteiger partial charge is 0.242 e. The first-order valence-electron chi connectivity index (χ1n) is 6.21. The minimum Gasteiger partial charge on any atom is -0.384 e. The van der Waals surface area contributed by atoms with Crippen molar-refractivity contribution >= 4 is 15.7 Å². The highest BCUT2D eigenvalue weighted by Gasteiger charge is 2.17. The molecule has 0 unspecified atom stereocenters. The number of aromatic nitrogens is 2. The number of para-hydroxylation sites is 1. The van der Waals surface area contributed by atoms with Crippen LogP contribution in [0.4, 0.5) is 5.69 Å². The van der Waals surface area contributed by atoms with Crippen molar-refractivity contribution in [1.29, 1.82) is 0 Å². The lowest BCUT2D eigenvalue weighted by molar-refractivity contribution is 0.377. The highest BCUT2D eigenvalue weighted by molar-refractivity contribution is 7.89. The van der Waals surface area contributed by atoms with Crippen LogP contribution in [-0.4, -0.2) is 31.6 Å². The van der Waals surface area contributed by atoms with Gasteiger partial charge in [0.15, 0.2) is 6.33 Å². The fraction of sp³-hybridized carbons (Fsp3) is 0.333. The molecule has 0 spiro atoms. The van der Waals surface area contributed by atoms with Crippen LogP contribution in [0.3, 0.4) is 0 Å². The number of benzene rings is 1. The molecule has 1 aromatic heterocycles. The third kappa shape index (κ3) is 3.55. The number of anilines is 1. The van der Waals surface area contributed by atoms with E-state index >= 15 is 0 Å². The van der Waals surface area contributed by atoms with Gasteiger partial charge < -0.3 is 9.84 Å². The molecule has 0 saturated heterocycles. The molecule has 1 heterocycles. The summed E-state index contributed by atoms with van der Waals surface area (Å²) in [6.07, 6.45) is 1.63. The predicted molar refractivity (Wildman–Crippen MR) is 73.8 cm³/mol. The molecule has 0 fully saturated rings. The number of hydrogen-bond donors (Lipinski definition) is 2. The molecule has 1 aromatic carbocycles. The summed E-state index contributed by atoms with van der Waals surface area (Å²) in [5.41, 5.74) is 0.584. The van der Waals surface area contributed by atoms with Gasteiger partial charge in [-0.3, -0.25) is 0 Å². The van der Waals surface area contributed by atoms with Crippen molar-refractivity contribution in [3.8, 4) is 0 Å². The van der Waals surface area contributed by atoms with Crippen molar-refractivity contribution in [3.05, 3.63) is 36.5 Å². The Morgan fingerprint density at radius 2 is 2.10 bits per heavy atom. The summed E-state index contributed by atoms with van der Waals surface area (Å²) in [6, 6.07) is 6.77. The number of nitrogens with zero attached hydrogens (tertiary/aromatic N) is 2. The molecule has 0 aliphatic carbocycles. The normalized spacial score (nSPS) is 11.4. The van der Waals surface area contributed by atoms with Gasteiger partial charge in [-0.15, -0.1) is 0 Å². The van der Waals surface area contributed by atoms with Crippen LogP contribution < -0.4 is 10.0 Å². The Labute approximate surface area is 117 Å². The van der Waals surface area contributed by atoms with E-state index < -0.39 is 10.0 Å². The molecule has 0 saturated carbocycles. The Kier molecular flexibility index (Phi) is 4.70. The monoisotopic (exact) mass is 296 g/mol. The molecule has 0 amide bonds. The fourth-order valence-corrected chi connectivity index (χ4v) is 2.93. The highest BCUT2D eigenvalue weighted by Crippen LogP contribution is 2.20. The molecular formula is C12H16N4O3S. The van der Waals surface area contributed by atoms with E-state index in [2.05, 4.69) is 20.2 Å². The summed E-state index contributed by atoms with van der Waals surface area (Å²) in [5.74, 6) is 0.396. The second-order valence-corrected chi connectivity index (χ2v) is 5.74. The van der Waals surface area contributed by atoms with Gasteiger partial charge in [-0.2, -0.15) is 4.98 Å². The van der Waals surface area contributed by atoms with Gasteiger partial charge in [0.05, 0.1) is 5.69 Å².